The monoisotopic (exact) mass is 288 g/mol. The molecule has 0 radical (unpaired) electrons. The van der Waals surface area contributed by atoms with E-state index in [4.69, 9.17) is 27.9 Å². The first kappa shape index (κ1) is 13.6. The van der Waals surface area contributed by atoms with Gasteiger partial charge in [-0.15, -0.1) is 0 Å². The smallest absolute Gasteiger partial charge is 0.253 e. The number of carbonyl (C=O) groups is 1. The first-order valence-corrected chi connectivity index (χ1v) is 6.50. The summed E-state index contributed by atoms with van der Waals surface area (Å²) < 4.78 is 5.26. The van der Waals surface area contributed by atoms with Crippen molar-refractivity contribution in [3.8, 4) is 0 Å². The maximum Gasteiger partial charge on any atom is 0.253 e. The van der Waals surface area contributed by atoms with E-state index in [1.165, 1.54) is 12.3 Å². The fraction of sp³-hybridized carbons (Fsp3) is 0.500. The summed E-state index contributed by atoms with van der Waals surface area (Å²) in [6.07, 6.45) is 4.32. The molecule has 1 amide bonds. The normalized spacial score (nSPS) is 23.1. The largest absolute Gasteiger partial charge is 0.381 e. The van der Waals surface area contributed by atoms with E-state index in [1.54, 1.807) is 7.11 Å². The van der Waals surface area contributed by atoms with E-state index >= 15 is 0 Å². The molecule has 0 aliphatic heterocycles. The van der Waals surface area contributed by atoms with Gasteiger partial charge in [0.1, 0.15) is 5.15 Å². The van der Waals surface area contributed by atoms with Gasteiger partial charge in [-0.05, 0) is 25.3 Å². The van der Waals surface area contributed by atoms with Gasteiger partial charge in [0.25, 0.3) is 5.91 Å². The molecule has 1 heterocycles. The van der Waals surface area contributed by atoms with Crippen LogP contribution in [-0.4, -0.2) is 30.1 Å². The van der Waals surface area contributed by atoms with Gasteiger partial charge in [0.05, 0.1) is 16.7 Å². The molecule has 98 valence electrons. The van der Waals surface area contributed by atoms with Crippen molar-refractivity contribution in [2.75, 3.05) is 7.11 Å². The Morgan fingerprint density at radius 3 is 2.94 bits per heavy atom. The number of amides is 1. The van der Waals surface area contributed by atoms with E-state index in [0.717, 1.165) is 19.3 Å². The van der Waals surface area contributed by atoms with E-state index in [0.29, 0.717) is 10.6 Å². The Hall–Kier alpha value is -0.840. The molecule has 1 aromatic heterocycles. The van der Waals surface area contributed by atoms with Crippen molar-refractivity contribution in [2.24, 2.45) is 0 Å². The van der Waals surface area contributed by atoms with E-state index < -0.39 is 0 Å². The van der Waals surface area contributed by atoms with Crippen LogP contribution in [0.1, 0.15) is 29.6 Å². The zero-order valence-electron chi connectivity index (χ0n) is 9.95. The Labute approximate surface area is 116 Å². The minimum Gasteiger partial charge on any atom is -0.381 e. The third kappa shape index (κ3) is 3.13. The molecule has 1 aliphatic rings. The Morgan fingerprint density at radius 1 is 1.50 bits per heavy atom. The molecule has 4 nitrogen and oxygen atoms in total. The van der Waals surface area contributed by atoms with Crippen LogP contribution in [0.3, 0.4) is 0 Å². The summed E-state index contributed by atoms with van der Waals surface area (Å²) in [5.74, 6) is -0.217. The quantitative estimate of drug-likeness (QED) is 0.870. The van der Waals surface area contributed by atoms with E-state index in [2.05, 4.69) is 10.3 Å². The predicted octanol–water partition coefficient (Wildman–Crippen LogP) is 2.69. The number of hydrogen-bond donors (Lipinski definition) is 1. The Balaban J connectivity index is 2.02. The van der Waals surface area contributed by atoms with Gasteiger partial charge < -0.3 is 10.1 Å². The van der Waals surface area contributed by atoms with Crippen LogP contribution in [0.5, 0.6) is 0 Å². The van der Waals surface area contributed by atoms with Crippen molar-refractivity contribution in [3.05, 3.63) is 28.0 Å². The second kappa shape index (κ2) is 5.87. The summed E-state index contributed by atoms with van der Waals surface area (Å²) >= 11 is 11.7. The molecule has 1 N–H and O–H groups in total. The summed E-state index contributed by atoms with van der Waals surface area (Å²) in [7, 11) is 1.69. The third-order valence-corrected chi connectivity index (χ3v) is 3.63. The van der Waals surface area contributed by atoms with Gasteiger partial charge in [-0.2, -0.15) is 0 Å². The van der Waals surface area contributed by atoms with Gasteiger partial charge >= 0.3 is 0 Å². The molecule has 18 heavy (non-hydrogen) atoms. The van der Waals surface area contributed by atoms with Crippen molar-refractivity contribution in [2.45, 2.75) is 31.4 Å². The van der Waals surface area contributed by atoms with E-state index in [9.17, 15) is 4.79 Å². The third-order valence-electron chi connectivity index (χ3n) is 3.12. The van der Waals surface area contributed by atoms with Crippen LogP contribution in [-0.2, 0) is 4.74 Å². The van der Waals surface area contributed by atoms with Crippen molar-refractivity contribution >= 4 is 29.1 Å². The highest BCUT2D eigenvalue weighted by atomic mass is 35.5. The molecule has 0 saturated heterocycles. The molecule has 1 saturated carbocycles. The molecule has 2 rings (SSSR count). The van der Waals surface area contributed by atoms with Crippen LogP contribution in [0.2, 0.25) is 10.2 Å². The number of nitrogens with zero attached hydrogens (tertiary/aromatic N) is 1. The first-order valence-electron chi connectivity index (χ1n) is 5.75. The highest BCUT2D eigenvalue weighted by Crippen LogP contribution is 2.23. The number of hydrogen-bond acceptors (Lipinski definition) is 3. The second-order valence-corrected chi connectivity index (χ2v) is 5.12. The molecule has 2 unspecified atom stereocenters. The summed E-state index contributed by atoms with van der Waals surface area (Å²) in [6, 6.07) is 1.60. The van der Waals surface area contributed by atoms with Crippen LogP contribution in [0.4, 0.5) is 0 Å². The maximum absolute atomic E-state index is 12.0. The number of pyridine rings is 1. The lowest BCUT2D eigenvalue weighted by molar-refractivity contribution is 0.0915. The van der Waals surface area contributed by atoms with Gasteiger partial charge in [-0.1, -0.05) is 23.2 Å². The molecular weight excluding hydrogens is 275 g/mol. The number of ether oxygens (including phenoxy) is 1. The van der Waals surface area contributed by atoms with Gasteiger partial charge in [-0.25, -0.2) is 4.98 Å². The lowest BCUT2D eigenvalue weighted by atomic mass is 10.2. The summed E-state index contributed by atoms with van der Waals surface area (Å²) in [5, 5.41) is 3.50. The van der Waals surface area contributed by atoms with Crippen LogP contribution < -0.4 is 5.32 Å². The lowest BCUT2D eigenvalue weighted by Gasteiger charge is -2.13. The SMILES string of the molecule is COC1CCC(NC(=O)c2cc(Cl)ncc2Cl)C1. The molecule has 0 aromatic carbocycles. The first-order chi connectivity index (χ1) is 8.60. The Morgan fingerprint density at radius 2 is 2.28 bits per heavy atom. The van der Waals surface area contributed by atoms with Gasteiger partial charge in [0.2, 0.25) is 0 Å². The molecular formula is C12H14Cl2N2O2. The van der Waals surface area contributed by atoms with E-state index in [-0.39, 0.29) is 23.2 Å². The lowest BCUT2D eigenvalue weighted by Crippen LogP contribution is -2.33. The van der Waals surface area contributed by atoms with Crippen molar-refractivity contribution < 1.29 is 9.53 Å². The average Bonchev–Trinajstić information content (AvgIpc) is 2.80. The standard InChI is InChI=1S/C12H14Cl2N2O2/c1-18-8-3-2-7(4-8)16-12(17)9-5-11(14)15-6-10(9)13/h5-8H,2-4H2,1H3,(H,16,17). The number of methoxy groups -OCH3 is 1. The molecule has 1 fully saturated rings. The topological polar surface area (TPSA) is 51.2 Å². The Kier molecular flexibility index (Phi) is 4.43. The zero-order chi connectivity index (χ0) is 13.1. The number of carbonyl (C=O) groups excluding carboxylic acids is 1. The fourth-order valence-electron chi connectivity index (χ4n) is 2.14. The second-order valence-electron chi connectivity index (χ2n) is 4.33. The zero-order valence-corrected chi connectivity index (χ0v) is 11.5. The van der Waals surface area contributed by atoms with Crippen molar-refractivity contribution in [1.29, 1.82) is 0 Å². The van der Waals surface area contributed by atoms with Crippen LogP contribution in [0, 0.1) is 0 Å². The predicted molar refractivity (Wildman–Crippen MR) is 70.2 cm³/mol. The highest BCUT2D eigenvalue weighted by Gasteiger charge is 2.26. The molecule has 6 heteroatoms. The Bertz CT molecular complexity index is 454. The van der Waals surface area contributed by atoms with Crippen molar-refractivity contribution in [3.63, 3.8) is 0 Å². The molecule has 2 atom stereocenters. The fourth-order valence-corrected chi connectivity index (χ4v) is 2.48. The minimum absolute atomic E-state index is 0.130. The van der Waals surface area contributed by atoms with Crippen LogP contribution in [0.25, 0.3) is 0 Å². The summed E-state index contributed by atoms with van der Waals surface area (Å²) in [4.78, 5) is 15.9. The minimum atomic E-state index is -0.217. The number of halogens is 2. The van der Waals surface area contributed by atoms with E-state index in [1.807, 2.05) is 0 Å². The van der Waals surface area contributed by atoms with Gasteiger partial charge in [0, 0.05) is 19.3 Å². The summed E-state index contributed by atoms with van der Waals surface area (Å²) in [6.45, 7) is 0. The summed E-state index contributed by atoms with van der Waals surface area (Å²) in [5.41, 5.74) is 0.359. The number of rotatable bonds is 3. The van der Waals surface area contributed by atoms with Gasteiger partial charge in [-0.3, -0.25) is 4.79 Å². The molecule has 0 bridgehead atoms. The average molecular weight is 289 g/mol. The highest BCUT2D eigenvalue weighted by molar-refractivity contribution is 6.35. The molecule has 1 aromatic rings. The molecule has 0 spiro atoms. The van der Waals surface area contributed by atoms with Gasteiger partial charge in [0.15, 0.2) is 0 Å². The number of nitrogens with one attached hydrogen (secondary N) is 1. The maximum atomic E-state index is 12.0. The molecule has 1 aliphatic carbocycles. The number of aromatic nitrogens is 1. The van der Waals surface area contributed by atoms with Crippen molar-refractivity contribution in [1.82, 2.24) is 10.3 Å². The van der Waals surface area contributed by atoms with Crippen LogP contribution >= 0.6 is 23.2 Å². The van der Waals surface area contributed by atoms with Crippen LogP contribution in [0.15, 0.2) is 12.3 Å².